The molecule has 1 nitrogen and oxygen atoms in total. The highest BCUT2D eigenvalue weighted by Gasteiger charge is 2.40. The average Bonchev–Trinajstić information content (AvgIpc) is 2.34. The summed E-state index contributed by atoms with van der Waals surface area (Å²) in [6, 6.07) is 5.68. The molecule has 1 fully saturated rings. The number of hydrogen-bond donors (Lipinski definition) is 1. The van der Waals surface area contributed by atoms with Gasteiger partial charge >= 0.3 is 0 Å². The smallest absolute Gasteiger partial charge is 0.0644 e. The Morgan fingerprint density at radius 1 is 1.29 bits per heavy atom. The van der Waals surface area contributed by atoms with Crippen LogP contribution >= 0.6 is 39.1 Å². The Balaban J connectivity index is 2.42. The van der Waals surface area contributed by atoms with Crippen molar-refractivity contribution >= 4 is 39.1 Å². The van der Waals surface area contributed by atoms with E-state index in [2.05, 4.69) is 15.9 Å². The molecule has 1 N–H and O–H groups in total. The van der Waals surface area contributed by atoms with Crippen LogP contribution in [0.25, 0.3) is 0 Å². The van der Waals surface area contributed by atoms with Crippen LogP contribution in [0.15, 0.2) is 18.2 Å². The quantitative estimate of drug-likeness (QED) is 0.784. The van der Waals surface area contributed by atoms with Gasteiger partial charge in [0.1, 0.15) is 0 Å². The highest BCUT2D eigenvalue weighted by Crippen LogP contribution is 2.42. The van der Waals surface area contributed by atoms with Gasteiger partial charge in [0.25, 0.3) is 0 Å². The lowest BCUT2D eigenvalue weighted by Gasteiger charge is -2.41. The van der Waals surface area contributed by atoms with Crippen LogP contribution in [0.2, 0.25) is 10.0 Å². The van der Waals surface area contributed by atoms with Crippen LogP contribution in [-0.4, -0.2) is 16.5 Å². The van der Waals surface area contributed by atoms with Crippen molar-refractivity contribution in [3.8, 4) is 0 Å². The predicted molar refractivity (Wildman–Crippen MR) is 76.4 cm³/mol. The molecule has 1 aromatic carbocycles. The van der Waals surface area contributed by atoms with E-state index in [4.69, 9.17) is 23.2 Å². The van der Waals surface area contributed by atoms with Crippen LogP contribution in [-0.2, 0) is 5.41 Å². The van der Waals surface area contributed by atoms with Crippen molar-refractivity contribution in [2.24, 2.45) is 0 Å². The van der Waals surface area contributed by atoms with Gasteiger partial charge in [0.15, 0.2) is 0 Å². The maximum absolute atomic E-state index is 10.3. The van der Waals surface area contributed by atoms with Crippen molar-refractivity contribution in [1.29, 1.82) is 0 Å². The monoisotopic (exact) mass is 336 g/mol. The second kappa shape index (κ2) is 5.48. The minimum Gasteiger partial charge on any atom is -0.392 e. The van der Waals surface area contributed by atoms with Crippen LogP contribution in [0.3, 0.4) is 0 Å². The molecule has 2 rings (SSSR count). The molecule has 0 spiro atoms. The summed E-state index contributed by atoms with van der Waals surface area (Å²) in [7, 11) is 0. The highest BCUT2D eigenvalue weighted by molar-refractivity contribution is 9.09. The normalized spacial score (nSPS) is 29.3. The van der Waals surface area contributed by atoms with Crippen molar-refractivity contribution in [3.05, 3.63) is 33.8 Å². The Morgan fingerprint density at radius 3 is 2.65 bits per heavy atom. The van der Waals surface area contributed by atoms with E-state index in [0.29, 0.717) is 10.0 Å². The third-order valence-electron chi connectivity index (χ3n) is 3.72. The van der Waals surface area contributed by atoms with Crippen molar-refractivity contribution < 1.29 is 5.11 Å². The first-order valence-electron chi connectivity index (χ1n) is 5.80. The largest absolute Gasteiger partial charge is 0.392 e. The molecular weight excluding hydrogens is 323 g/mol. The van der Waals surface area contributed by atoms with E-state index in [1.807, 2.05) is 18.2 Å². The van der Waals surface area contributed by atoms with Crippen molar-refractivity contribution in [2.45, 2.75) is 37.2 Å². The molecule has 0 radical (unpaired) electrons. The van der Waals surface area contributed by atoms with Gasteiger partial charge in [-0.25, -0.2) is 0 Å². The highest BCUT2D eigenvalue weighted by atomic mass is 79.9. The van der Waals surface area contributed by atoms with Crippen LogP contribution in [0.5, 0.6) is 0 Å². The van der Waals surface area contributed by atoms with Crippen LogP contribution in [0.4, 0.5) is 0 Å². The summed E-state index contributed by atoms with van der Waals surface area (Å²) in [6.07, 6.45) is 3.76. The number of halogens is 3. The molecule has 1 saturated carbocycles. The zero-order valence-electron chi connectivity index (χ0n) is 9.43. The number of alkyl halides is 1. The number of benzene rings is 1. The van der Waals surface area contributed by atoms with Gasteiger partial charge < -0.3 is 5.11 Å². The van der Waals surface area contributed by atoms with Gasteiger partial charge in [-0.3, -0.25) is 0 Å². The second-order valence-electron chi connectivity index (χ2n) is 4.68. The molecule has 17 heavy (non-hydrogen) atoms. The summed E-state index contributed by atoms with van der Waals surface area (Å²) in [5, 5.41) is 12.2. The van der Waals surface area contributed by atoms with Crippen LogP contribution < -0.4 is 0 Å². The van der Waals surface area contributed by atoms with Crippen LogP contribution in [0.1, 0.15) is 31.2 Å². The van der Waals surface area contributed by atoms with E-state index >= 15 is 0 Å². The summed E-state index contributed by atoms with van der Waals surface area (Å²) >= 11 is 15.6. The van der Waals surface area contributed by atoms with Gasteiger partial charge in [0.05, 0.1) is 16.1 Å². The van der Waals surface area contributed by atoms with Gasteiger partial charge in [-0.2, -0.15) is 0 Å². The van der Waals surface area contributed by atoms with Crippen molar-refractivity contribution in [1.82, 2.24) is 0 Å². The third kappa shape index (κ3) is 2.51. The third-order valence-corrected chi connectivity index (χ3v) is 5.46. The molecule has 0 unspecified atom stereocenters. The van der Waals surface area contributed by atoms with E-state index in [1.54, 1.807) is 0 Å². The molecule has 2 atom stereocenters. The van der Waals surface area contributed by atoms with Crippen molar-refractivity contribution in [3.63, 3.8) is 0 Å². The molecule has 1 aliphatic rings. The van der Waals surface area contributed by atoms with Gasteiger partial charge in [-0.05, 0) is 30.5 Å². The zero-order valence-corrected chi connectivity index (χ0v) is 12.5. The lowest BCUT2D eigenvalue weighted by molar-refractivity contribution is 0.0555. The van der Waals surface area contributed by atoms with Gasteiger partial charge in [0.2, 0.25) is 0 Å². The summed E-state index contributed by atoms with van der Waals surface area (Å²) < 4.78 is 0. The standard InChI is InChI=1S/C13H15BrCl2O/c14-8-13(6-2-1-3-12(13)17)9-4-5-10(15)11(16)7-9/h4-5,7,12,17H,1-3,6,8H2/t12-,13-/m1/s1. The summed E-state index contributed by atoms with van der Waals surface area (Å²) in [4.78, 5) is 0. The number of aliphatic hydroxyl groups is 1. The lowest BCUT2D eigenvalue weighted by atomic mass is 9.69. The summed E-state index contributed by atoms with van der Waals surface area (Å²) in [5.41, 5.74) is 0.864. The van der Waals surface area contributed by atoms with E-state index in [0.717, 1.165) is 36.6 Å². The molecule has 0 aromatic heterocycles. The SMILES string of the molecule is O[C@@H]1CCCC[C@@]1(CBr)c1ccc(Cl)c(Cl)c1. The zero-order chi connectivity index (χ0) is 12.5. The van der Waals surface area contributed by atoms with Gasteiger partial charge in [-0.15, -0.1) is 0 Å². The van der Waals surface area contributed by atoms with Gasteiger partial charge in [0, 0.05) is 10.7 Å². The fraction of sp³-hybridized carbons (Fsp3) is 0.538. The fourth-order valence-electron chi connectivity index (χ4n) is 2.60. The first-order valence-corrected chi connectivity index (χ1v) is 7.67. The fourth-order valence-corrected chi connectivity index (χ4v) is 3.87. The first kappa shape index (κ1) is 13.7. The number of rotatable bonds is 2. The van der Waals surface area contributed by atoms with E-state index in [9.17, 15) is 5.11 Å². The minimum absolute atomic E-state index is 0.216. The Labute approximate surface area is 120 Å². The molecular formula is C13H15BrCl2O. The van der Waals surface area contributed by atoms with Gasteiger partial charge in [-0.1, -0.05) is 58.0 Å². The van der Waals surface area contributed by atoms with Crippen LogP contribution in [0, 0.1) is 0 Å². The molecule has 0 aliphatic heterocycles. The molecule has 0 amide bonds. The topological polar surface area (TPSA) is 20.2 Å². The molecule has 94 valence electrons. The van der Waals surface area contributed by atoms with E-state index in [1.165, 1.54) is 0 Å². The lowest BCUT2D eigenvalue weighted by Crippen LogP contribution is -2.43. The molecule has 0 saturated heterocycles. The summed E-state index contributed by atoms with van der Waals surface area (Å²) in [5.74, 6) is 0. The molecule has 1 aliphatic carbocycles. The number of hydrogen-bond acceptors (Lipinski definition) is 1. The minimum atomic E-state index is -0.312. The number of aliphatic hydroxyl groups excluding tert-OH is 1. The average molecular weight is 338 g/mol. The Kier molecular flexibility index (Phi) is 4.40. The Hall–Kier alpha value is 0.240. The Morgan fingerprint density at radius 2 is 2.06 bits per heavy atom. The molecule has 0 bridgehead atoms. The molecule has 0 heterocycles. The second-order valence-corrected chi connectivity index (χ2v) is 6.06. The van der Waals surface area contributed by atoms with Crippen molar-refractivity contribution in [2.75, 3.05) is 5.33 Å². The first-order chi connectivity index (χ1) is 8.10. The molecule has 4 heteroatoms. The maximum Gasteiger partial charge on any atom is 0.0644 e. The Bertz CT molecular complexity index is 410. The molecule has 1 aromatic rings. The maximum atomic E-state index is 10.3. The van der Waals surface area contributed by atoms with E-state index in [-0.39, 0.29) is 11.5 Å². The summed E-state index contributed by atoms with van der Waals surface area (Å²) in [6.45, 7) is 0. The van der Waals surface area contributed by atoms with E-state index < -0.39 is 0 Å². The predicted octanol–water partition coefficient (Wildman–Crippen LogP) is 4.56.